The molecule has 0 saturated carbocycles. The number of ether oxygens (including phenoxy) is 1. The fourth-order valence-electron chi connectivity index (χ4n) is 4.09. The van der Waals surface area contributed by atoms with Crippen LogP contribution in [0, 0.1) is 11.3 Å². The first kappa shape index (κ1) is 19.8. The maximum atomic E-state index is 13.1. The summed E-state index contributed by atoms with van der Waals surface area (Å²) in [6, 6.07) is 7.36. The lowest BCUT2D eigenvalue weighted by Crippen LogP contribution is -2.40. The fraction of sp³-hybridized carbons (Fsp3) is 0.500. The molecule has 27 heavy (non-hydrogen) atoms. The van der Waals surface area contributed by atoms with Crippen LogP contribution >= 0.6 is 11.6 Å². The molecule has 3 rings (SSSR count). The van der Waals surface area contributed by atoms with E-state index in [-0.39, 0.29) is 29.2 Å². The van der Waals surface area contributed by atoms with Crippen LogP contribution in [0.25, 0.3) is 0 Å². The highest BCUT2D eigenvalue weighted by molar-refractivity contribution is 6.30. The first-order valence-corrected chi connectivity index (χ1v) is 9.74. The number of allylic oxidation sites excluding steroid dienone is 2. The average Bonchev–Trinajstić information content (AvgIpc) is 2.52. The summed E-state index contributed by atoms with van der Waals surface area (Å²) in [7, 11) is 0. The second-order valence-corrected chi connectivity index (χ2v) is 8.98. The fourth-order valence-corrected chi connectivity index (χ4v) is 4.21. The molecule has 0 radical (unpaired) electrons. The summed E-state index contributed by atoms with van der Waals surface area (Å²) < 4.78 is 5.51. The molecule has 1 unspecified atom stereocenters. The normalized spacial score (nSPS) is 24.6. The van der Waals surface area contributed by atoms with Crippen molar-refractivity contribution in [2.45, 2.75) is 59.5 Å². The first-order chi connectivity index (χ1) is 12.6. The van der Waals surface area contributed by atoms with Gasteiger partial charge in [0.2, 0.25) is 0 Å². The van der Waals surface area contributed by atoms with Crippen LogP contribution in [0.3, 0.4) is 0 Å². The molecular formula is C22H26ClNO3. The summed E-state index contributed by atoms with van der Waals surface area (Å²) in [5, 5.41) is 0.617. The van der Waals surface area contributed by atoms with Crippen LogP contribution in [0.5, 0.6) is 0 Å². The zero-order chi connectivity index (χ0) is 19.9. The Hall–Kier alpha value is -1.94. The highest BCUT2D eigenvalue weighted by atomic mass is 35.5. The van der Waals surface area contributed by atoms with Crippen molar-refractivity contribution in [3.05, 3.63) is 46.1 Å². The number of Topliss-reactive ketones (excluding diaryl/α,β-unsaturated/α-hetero) is 1. The summed E-state index contributed by atoms with van der Waals surface area (Å²) in [4.78, 5) is 30.7. The molecule has 1 aromatic rings. The summed E-state index contributed by atoms with van der Waals surface area (Å²) in [5.74, 6) is -1.25. The van der Waals surface area contributed by atoms with Crippen molar-refractivity contribution in [1.82, 2.24) is 0 Å². The van der Waals surface area contributed by atoms with Gasteiger partial charge >= 0.3 is 5.97 Å². The second-order valence-electron chi connectivity index (χ2n) is 8.55. The van der Waals surface area contributed by atoms with Crippen LogP contribution in [0.1, 0.15) is 58.9 Å². The van der Waals surface area contributed by atoms with Gasteiger partial charge in [-0.2, -0.15) is 0 Å². The van der Waals surface area contributed by atoms with E-state index in [9.17, 15) is 9.59 Å². The molecular weight excluding hydrogens is 362 g/mol. The maximum absolute atomic E-state index is 13.1. The number of esters is 1. The number of nitrogens with zero attached hydrogens (tertiary/aromatic N) is 1. The Balaban J connectivity index is 2.14. The Morgan fingerprint density at radius 2 is 1.85 bits per heavy atom. The van der Waals surface area contributed by atoms with E-state index in [4.69, 9.17) is 21.3 Å². The molecule has 4 nitrogen and oxygen atoms in total. The van der Waals surface area contributed by atoms with Crippen LogP contribution < -0.4 is 0 Å². The smallest absolute Gasteiger partial charge is 0.315 e. The van der Waals surface area contributed by atoms with E-state index in [1.54, 1.807) is 12.1 Å². The molecule has 0 amide bonds. The Morgan fingerprint density at radius 3 is 2.44 bits per heavy atom. The van der Waals surface area contributed by atoms with Crippen molar-refractivity contribution >= 4 is 29.1 Å². The number of carbonyl (C=O) groups excluding carboxylic acids is 2. The van der Waals surface area contributed by atoms with E-state index in [0.29, 0.717) is 22.7 Å². The van der Waals surface area contributed by atoms with Gasteiger partial charge in [0.05, 0.1) is 6.10 Å². The molecule has 0 saturated heterocycles. The minimum Gasteiger partial charge on any atom is -0.462 e. The lowest BCUT2D eigenvalue weighted by atomic mass is 9.67. The van der Waals surface area contributed by atoms with E-state index >= 15 is 0 Å². The molecule has 0 N–H and O–H groups in total. The van der Waals surface area contributed by atoms with E-state index in [2.05, 4.69) is 13.8 Å². The van der Waals surface area contributed by atoms with Gasteiger partial charge in [0, 0.05) is 34.3 Å². The molecule has 1 aliphatic carbocycles. The minimum atomic E-state index is -0.600. The number of aliphatic imine (C=N–C) groups is 1. The zero-order valence-corrected chi connectivity index (χ0v) is 17.3. The molecule has 0 bridgehead atoms. The number of rotatable bonds is 3. The Kier molecular flexibility index (Phi) is 5.31. The predicted octanol–water partition coefficient (Wildman–Crippen LogP) is 5.11. The molecule has 1 aliphatic heterocycles. The van der Waals surface area contributed by atoms with Gasteiger partial charge < -0.3 is 4.74 Å². The number of carbonyl (C=O) groups is 2. The highest BCUT2D eigenvalue weighted by Crippen LogP contribution is 2.48. The Morgan fingerprint density at radius 1 is 1.22 bits per heavy atom. The lowest BCUT2D eigenvalue weighted by molar-refractivity contribution is -0.150. The number of halogens is 1. The zero-order valence-electron chi connectivity index (χ0n) is 16.5. The van der Waals surface area contributed by atoms with Gasteiger partial charge in [-0.3, -0.25) is 14.6 Å². The van der Waals surface area contributed by atoms with Gasteiger partial charge in [-0.25, -0.2) is 0 Å². The molecule has 144 valence electrons. The second kappa shape index (κ2) is 7.23. The van der Waals surface area contributed by atoms with Crippen molar-refractivity contribution in [2.24, 2.45) is 16.3 Å². The van der Waals surface area contributed by atoms with Gasteiger partial charge in [-0.15, -0.1) is 0 Å². The van der Waals surface area contributed by atoms with Crippen LogP contribution in [-0.2, 0) is 14.3 Å². The first-order valence-electron chi connectivity index (χ1n) is 9.36. The third kappa shape index (κ3) is 4.01. The van der Waals surface area contributed by atoms with Crippen molar-refractivity contribution in [1.29, 1.82) is 0 Å². The maximum Gasteiger partial charge on any atom is 0.315 e. The predicted molar refractivity (Wildman–Crippen MR) is 107 cm³/mol. The van der Waals surface area contributed by atoms with E-state index in [1.807, 2.05) is 32.9 Å². The minimum absolute atomic E-state index is 0.0693. The van der Waals surface area contributed by atoms with Gasteiger partial charge in [0.15, 0.2) is 5.78 Å². The number of hydrogen-bond donors (Lipinski definition) is 0. The lowest BCUT2D eigenvalue weighted by Gasteiger charge is -2.39. The van der Waals surface area contributed by atoms with Gasteiger partial charge in [-0.05, 0) is 50.3 Å². The van der Waals surface area contributed by atoms with Gasteiger partial charge in [0.25, 0.3) is 0 Å². The van der Waals surface area contributed by atoms with Crippen LogP contribution in [0.2, 0.25) is 5.02 Å². The average molecular weight is 388 g/mol. The van der Waals surface area contributed by atoms with Crippen molar-refractivity contribution in [2.75, 3.05) is 0 Å². The third-order valence-corrected chi connectivity index (χ3v) is 5.39. The molecule has 2 atom stereocenters. The summed E-state index contributed by atoms with van der Waals surface area (Å²) in [5.41, 5.74) is 2.93. The van der Waals surface area contributed by atoms with Crippen LogP contribution in [0.4, 0.5) is 0 Å². The molecule has 0 aromatic heterocycles. The summed E-state index contributed by atoms with van der Waals surface area (Å²) in [6.45, 7) is 9.66. The summed E-state index contributed by atoms with van der Waals surface area (Å²) >= 11 is 6.06. The molecule has 5 heteroatoms. The topological polar surface area (TPSA) is 55.7 Å². The number of benzene rings is 1. The van der Waals surface area contributed by atoms with Crippen molar-refractivity contribution in [3.8, 4) is 0 Å². The van der Waals surface area contributed by atoms with Crippen molar-refractivity contribution in [3.63, 3.8) is 0 Å². The Labute approximate surface area is 165 Å². The van der Waals surface area contributed by atoms with Gasteiger partial charge in [-0.1, -0.05) is 37.6 Å². The van der Waals surface area contributed by atoms with E-state index < -0.39 is 5.92 Å². The third-order valence-electron chi connectivity index (χ3n) is 5.14. The molecule has 1 heterocycles. The molecule has 1 aromatic carbocycles. The van der Waals surface area contributed by atoms with Gasteiger partial charge in [0.1, 0.15) is 5.92 Å². The Bertz CT molecular complexity index is 834. The molecule has 2 aliphatic rings. The van der Waals surface area contributed by atoms with Crippen LogP contribution in [0.15, 0.2) is 40.5 Å². The van der Waals surface area contributed by atoms with E-state index in [1.165, 1.54) is 0 Å². The SMILES string of the molecule is CC1=NC2=C(C(=O)CC(C)(C)C2)[C@@H](c2ccc(Cl)cc2)C1C(=O)OC(C)C. The van der Waals surface area contributed by atoms with Crippen molar-refractivity contribution < 1.29 is 14.3 Å². The van der Waals surface area contributed by atoms with E-state index in [0.717, 1.165) is 17.7 Å². The van der Waals surface area contributed by atoms with Crippen LogP contribution in [-0.4, -0.2) is 23.6 Å². The quantitative estimate of drug-likeness (QED) is 0.677. The summed E-state index contributed by atoms with van der Waals surface area (Å²) in [6.07, 6.45) is 0.949. The molecule has 0 spiro atoms. The highest BCUT2D eigenvalue weighted by Gasteiger charge is 2.46. The monoisotopic (exact) mass is 387 g/mol. The number of ketones is 1. The molecule has 0 fully saturated rings. The largest absolute Gasteiger partial charge is 0.462 e. The number of hydrogen-bond acceptors (Lipinski definition) is 4. The standard InChI is InChI=1S/C22H26ClNO3/c1-12(2)27-21(26)18-13(3)24-16-10-22(4,5)11-17(25)20(16)19(18)14-6-8-15(23)9-7-14/h6-9,12,18-19H,10-11H2,1-5H3/t18?,19-/m0/s1.